The maximum absolute atomic E-state index is 9.64. The smallest absolute Gasteiger partial charge is 0.116 e. The molecule has 1 heterocycles. The van der Waals surface area contributed by atoms with Gasteiger partial charge in [-0.2, -0.15) is 5.10 Å². The number of aromatic nitrogens is 2. The molecule has 0 fully saturated rings. The molecule has 0 bridgehead atoms. The Morgan fingerprint density at radius 1 is 1.11 bits per heavy atom. The maximum atomic E-state index is 9.64. The minimum absolute atomic E-state index is 0.269. The largest absolute Gasteiger partial charge is 0.508 e. The minimum Gasteiger partial charge on any atom is -0.508 e. The van der Waals surface area contributed by atoms with Crippen molar-refractivity contribution in [3.63, 3.8) is 0 Å². The lowest BCUT2D eigenvalue weighted by atomic mass is 10.0. The second-order valence-corrected chi connectivity index (χ2v) is 4.49. The molecule has 0 saturated heterocycles. The predicted molar refractivity (Wildman–Crippen MR) is 72.6 cm³/mol. The molecule has 3 heteroatoms. The van der Waals surface area contributed by atoms with Gasteiger partial charge in [0.15, 0.2) is 0 Å². The van der Waals surface area contributed by atoms with Gasteiger partial charge in [0.05, 0.1) is 5.52 Å². The van der Waals surface area contributed by atoms with Crippen LogP contribution in [-0.2, 0) is 7.05 Å². The first-order chi connectivity index (χ1) is 8.66. The third kappa shape index (κ3) is 1.56. The van der Waals surface area contributed by atoms with Crippen molar-refractivity contribution in [2.24, 2.45) is 7.05 Å². The first-order valence-electron chi connectivity index (χ1n) is 5.88. The Morgan fingerprint density at radius 3 is 2.67 bits per heavy atom. The van der Waals surface area contributed by atoms with Crippen LogP contribution in [0.1, 0.15) is 5.56 Å². The number of aromatic hydroxyl groups is 1. The van der Waals surface area contributed by atoms with Crippen molar-refractivity contribution < 1.29 is 5.11 Å². The van der Waals surface area contributed by atoms with Crippen LogP contribution >= 0.6 is 0 Å². The second-order valence-electron chi connectivity index (χ2n) is 4.49. The molecule has 1 aromatic heterocycles. The van der Waals surface area contributed by atoms with Crippen LogP contribution in [0.25, 0.3) is 22.2 Å². The Balaban J connectivity index is 2.36. The van der Waals surface area contributed by atoms with Gasteiger partial charge in [-0.25, -0.2) is 0 Å². The Kier molecular flexibility index (Phi) is 2.33. The zero-order valence-electron chi connectivity index (χ0n) is 10.4. The van der Waals surface area contributed by atoms with Crippen molar-refractivity contribution in [2.45, 2.75) is 6.92 Å². The summed E-state index contributed by atoms with van der Waals surface area (Å²) in [5.74, 6) is 0.269. The van der Waals surface area contributed by atoms with Gasteiger partial charge in [-0.15, -0.1) is 0 Å². The molecule has 0 aliphatic carbocycles. The Bertz CT molecular complexity index is 728. The number of hydrogen-bond acceptors (Lipinski definition) is 2. The molecule has 3 nitrogen and oxygen atoms in total. The van der Waals surface area contributed by atoms with E-state index >= 15 is 0 Å². The predicted octanol–water partition coefficient (Wildman–Crippen LogP) is 3.25. The average molecular weight is 238 g/mol. The Morgan fingerprint density at radius 2 is 1.89 bits per heavy atom. The molecular formula is C15H14N2O. The summed E-state index contributed by atoms with van der Waals surface area (Å²) in [7, 11) is 1.92. The highest BCUT2D eigenvalue weighted by Gasteiger charge is 2.12. The molecule has 0 atom stereocenters. The summed E-state index contributed by atoms with van der Waals surface area (Å²) < 4.78 is 1.84. The van der Waals surface area contributed by atoms with Gasteiger partial charge in [-0.1, -0.05) is 24.3 Å². The number of aryl methyl sites for hydroxylation is 2. The molecule has 0 amide bonds. The lowest BCUT2D eigenvalue weighted by Gasteiger charge is -2.02. The van der Waals surface area contributed by atoms with Crippen LogP contribution in [0.5, 0.6) is 5.75 Å². The fourth-order valence-electron chi connectivity index (χ4n) is 2.29. The molecule has 0 unspecified atom stereocenters. The van der Waals surface area contributed by atoms with E-state index in [4.69, 9.17) is 0 Å². The van der Waals surface area contributed by atoms with Crippen LogP contribution < -0.4 is 0 Å². The van der Waals surface area contributed by atoms with E-state index in [1.807, 2.05) is 29.9 Å². The minimum atomic E-state index is 0.269. The van der Waals surface area contributed by atoms with Crippen molar-refractivity contribution in [1.29, 1.82) is 0 Å². The van der Waals surface area contributed by atoms with E-state index < -0.39 is 0 Å². The van der Waals surface area contributed by atoms with E-state index in [9.17, 15) is 5.11 Å². The monoisotopic (exact) mass is 238 g/mol. The third-order valence-corrected chi connectivity index (χ3v) is 3.23. The number of hydrogen-bond donors (Lipinski definition) is 1. The molecule has 18 heavy (non-hydrogen) atoms. The van der Waals surface area contributed by atoms with Crippen molar-refractivity contribution in [3.05, 3.63) is 48.0 Å². The molecule has 1 N–H and O–H groups in total. The van der Waals surface area contributed by atoms with Crippen molar-refractivity contribution in [1.82, 2.24) is 9.78 Å². The van der Waals surface area contributed by atoms with E-state index in [2.05, 4.69) is 24.2 Å². The first-order valence-corrected chi connectivity index (χ1v) is 5.88. The molecule has 0 spiro atoms. The van der Waals surface area contributed by atoms with E-state index in [1.165, 1.54) is 5.56 Å². The normalized spacial score (nSPS) is 11.0. The Hall–Kier alpha value is -2.29. The first kappa shape index (κ1) is 10.8. The van der Waals surface area contributed by atoms with Gasteiger partial charge in [0.2, 0.25) is 0 Å². The highest BCUT2D eigenvalue weighted by atomic mass is 16.3. The Labute approximate surface area is 105 Å². The van der Waals surface area contributed by atoms with Gasteiger partial charge < -0.3 is 5.11 Å². The molecule has 2 aromatic carbocycles. The fraction of sp³-hybridized carbons (Fsp3) is 0.133. The van der Waals surface area contributed by atoms with Crippen LogP contribution in [0.2, 0.25) is 0 Å². The maximum Gasteiger partial charge on any atom is 0.116 e. The number of nitrogens with zero attached hydrogens (tertiary/aromatic N) is 2. The van der Waals surface area contributed by atoms with Gasteiger partial charge >= 0.3 is 0 Å². The summed E-state index contributed by atoms with van der Waals surface area (Å²) in [6.07, 6.45) is 0. The van der Waals surface area contributed by atoms with Crippen LogP contribution in [0.4, 0.5) is 0 Å². The van der Waals surface area contributed by atoms with Crippen molar-refractivity contribution in [2.75, 3.05) is 0 Å². The van der Waals surface area contributed by atoms with Crippen LogP contribution in [0.3, 0.4) is 0 Å². The third-order valence-electron chi connectivity index (χ3n) is 3.23. The highest BCUT2D eigenvalue weighted by Crippen LogP contribution is 2.31. The molecule has 0 aliphatic rings. The summed E-state index contributed by atoms with van der Waals surface area (Å²) in [6.45, 7) is 2.07. The van der Waals surface area contributed by atoms with Gasteiger partial charge in [0, 0.05) is 18.0 Å². The summed E-state index contributed by atoms with van der Waals surface area (Å²) in [5, 5.41) is 15.2. The summed E-state index contributed by atoms with van der Waals surface area (Å²) in [5.41, 5.74) is 4.22. The topological polar surface area (TPSA) is 38.0 Å². The molecule has 90 valence electrons. The SMILES string of the molecule is Cc1ccccc1-c1nn(C)c2ccc(O)cc12. The van der Waals surface area contributed by atoms with E-state index in [1.54, 1.807) is 12.1 Å². The molecule has 3 aromatic rings. The van der Waals surface area contributed by atoms with E-state index in [0.29, 0.717) is 0 Å². The van der Waals surface area contributed by atoms with Crippen molar-refractivity contribution in [3.8, 4) is 17.0 Å². The zero-order valence-corrected chi connectivity index (χ0v) is 10.4. The number of phenolic OH excluding ortho intramolecular Hbond substituents is 1. The number of phenols is 1. The van der Waals surface area contributed by atoms with Gasteiger partial charge in [0.1, 0.15) is 11.4 Å². The fourth-order valence-corrected chi connectivity index (χ4v) is 2.29. The lowest BCUT2D eigenvalue weighted by molar-refractivity contribution is 0.476. The van der Waals surface area contributed by atoms with E-state index in [0.717, 1.165) is 22.2 Å². The average Bonchev–Trinajstić information content (AvgIpc) is 2.67. The van der Waals surface area contributed by atoms with E-state index in [-0.39, 0.29) is 5.75 Å². The standard InChI is InChI=1S/C15H14N2O/c1-10-5-3-4-6-12(10)15-13-9-11(18)7-8-14(13)17(2)16-15/h3-9,18H,1-2H3. The zero-order chi connectivity index (χ0) is 12.7. The van der Waals surface area contributed by atoms with Crippen LogP contribution in [0.15, 0.2) is 42.5 Å². The van der Waals surface area contributed by atoms with Gasteiger partial charge in [-0.05, 0) is 30.7 Å². The summed E-state index contributed by atoms with van der Waals surface area (Å²) >= 11 is 0. The lowest BCUT2D eigenvalue weighted by Crippen LogP contribution is -1.90. The quantitative estimate of drug-likeness (QED) is 0.706. The number of rotatable bonds is 1. The molecule has 3 rings (SSSR count). The molecular weight excluding hydrogens is 224 g/mol. The van der Waals surface area contributed by atoms with Crippen LogP contribution in [-0.4, -0.2) is 14.9 Å². The van der Waals surface area contributed by atoms with Crippen LogP contribution in [0, 0.1) is 6.92 Å². The second kappa shape index (κ2) is 3.88. The molecule has 0 saturated carbocycles. The summed E-state index contributed by atoms with van der Waals surface area (Å²) in [4.78, 5) is 0. The van der Waals surface area contributed by atoms with Gasteiger partial charge in [0.25, 0.3) is 0 Å². The number of benzene rings is 2. The number of fused-ring (bicyclic) bond motifs is 1. The summed E-state index contributed by atoms with van der Waals surface area (Å²) in [6, 6.07) is 13.5. The van der Waals surface area contributed by atoms with Gasteiger partial charge in [-0.3, -0.25) is 4.68 Å². The van der Waals surface area contributed by atoms with Crippen molar-refractivity contribution >= 4 is 10.9 Å². The molecule has 0 aliphatic heterocycles. The highest BCUT2D eigenvalue weighted by molar-refractivity contribution is 5.94. The molecule has 0 radical (unpaired) electrons.